The van der Waals surface area contributed by atoms with E-state index >= 15 is 0 Å². The number of piperidine rings is 1. The number of carbonyl (C=O) groups excluding carboxylic acids is 2. The van der Waals surface area contributed by atoms with Crippen molar-refractivity contribution in [2.45, 2.75) is 38.2 Å². The number of amides is 2. The van der Waals surface area contributed by atoms with Crippen LogP contribution in [0.4, 0.5) is 0 Å². The highest BCUT2D eigenvalue weighted by molar-refractivity contribution is 6.42. The van der Waals surface area contributed by atoms with Gasteiger partial charge in [-0.3, -0.25) is 9.59 Å². The lowest BCUT2D eigenvalue weighted by Crippen LogP contribution is -2.40. The first kappa shape index (κ1) is 24.1. The predicted octanol–water partition coefficient (Wildman–Crippen LogP) is 3.30. The van der Waals surface area contributed by atoms with Gasteiger partial charge in [0.05, 0.1) is 16.1 Å². The number of hydrogen-bond donors (Lipinski definition) is 1. The Labute approximate surface area is 194 Å². The topological polar surface area (TPSA) is 64.1 Å². The van der Waals surface area contributed by atoms with E-state index in [1.54, 1.807) is 34.1 Å². The molecule has 1 aromatic rings. The minimum atomic E-state index is -0.430. The van der Waals surface area contributed by atoms with Gasteiger partial charge >= 0.3 is 0 Å². The molecule has 2 heterocycles. The maximum absolute atomic E-state index is 12.6. The third-order valence-corrected chi connectivity index (χ3v) is 6.65. The normalized spacial score (nSPS) is 19.6. The molecule has 2 aliphatic heterocycles. The van der Waals surface area contributed by atoms with Gasteiger partial charge in [-0.05, 0) is 56.1 Å². The molecule has 2 fully saturated rings. The second-order valence-corrected chi connectivity index (χ2v) is 9.08. The zero-order valence-corrected chi connectivity index (χ0v) is 19.3. The summed E-state index contributed by atoms with van der Waals surface area (Å²) >= 11 is 11.9. The molecule has 0 saturated carbocycles. The SMILES string of the molecule is O=C(C=Cc1ccc(Cl)c(Cl)c1)N1CCC(=O)N(CC[C@@H](O)CN2CCCCC2)CC1. The van der Waals surface area contributed by atoms with Crippen molar-refractivity contribution < 1.29 is 14.7 Å². The Morgan fingerprint density at radius 1 is 1.06 bits per heavy atom. The zero-order valence-electron chi connectivity index (χ0n) is 17.8. The Balaban J connectivity index is 1.46. The highest BCUT2D eigenvalue weighted by Gasteiger charge is 2.24. The summed E-state index contributed by atoms with van der Waals surface area (Å²) in [6.45, 7) is 4.66. The molecule has 2 amide bonds. The van der Waals surface area contributed by atoms with Crippen molar-refractivity contribution in [1.82, 2.24) is 14.7 Å². The minimum Gasteiger partial charge on any atom is -0.392 e. The average Bonchev–Trinajstić information content (AvgIpc) is 2.95. The molecule has 2 aliphatic rings. The third kappa shape index (κ3) is 7.49. The van der Waals surface area contributed by atoms with Gasteiger partial charge < -0.3 is 19.8 Å². The van der Waals surface area contributed by atoms with Crippen LogP contribution in [0.5, 0.6) is 0 Å². The number of nitrogens with zero attached hydrogens (tertiary/aromatic N) is 3. The van der Waals surface area contributed by atoms with Crippen LogP contribution in [0.2, 0.25) is 10.0 Å². The maximum Gasteiger partial charge on any atom is 0.246 e. The van der Waals surface area contributed by atoms with E-state index in [1.165, 1.54) is 25.3 Å². The van der Waals surface area contributed by atoms with Gasteiger partial charge in [0.1, 0.15) is 0 Å². The third-order valence-electron chi connectivity index (χ3n) is 5.91. The summed E-state index contributed by atoms with van der Waals surface area (Å²) in [6.07, 6.45) is 7.30. The molecule has 2 saturated heterocycles. The van der Waals surface area contributed by atoms with Gasteiger partial charge in [0.15, 0.2) is 0 Å². The molecule has 0 radical (unpaired) electrons. The van der Waals surface area contributed by atoms with E-state index in [4.69, 9.17) is 23.2 Å². The van der Waals surface area contributed by atoms with Crippen LogP contribution in [-0.2, 0) is 9.59 Å². The number of aliphatic hydroxyl groups is 1. The zero-order chi connectivity index (χ0) is 22.2. The number of β-amino-alcohol motifs (C(OH)–C–C–N with tert-alkyl or cyclic N) is 1. The van der Waals surface area contributed by atoms with Crippen LogP contribution in [0.1, 0.15) is 37.7 Å². The number of aliphatic hydroxyl groups excluding tert-OH is 1. The van der Waals surface area contributed by atoms with Gasteiger partial charge in [0.25, 0.3) is 0 Å². The Bertz CT molecular complexity index is 796. The standard InChI is InChI=1S/C23H31Cl2N3O3/c24-20-6-4-18(16-21(20)25)5-7-22(30)28-13-9-23(31)27(14-15-28)12-8-19(29)17-26-10-2-1-3-11-26/h4-7,16,19,29H,1-3,8-15,17H2/t19-/m1/s1. The van der Waals surface area contributed by atoms with Crippen LogP contribution in [-0.4, -0.2) is 83.5 Å². The van der Waals surface area contributed by atoms with E-state index in [-0.39, 0.29) is 11.8 Å². The number of carbonyl (C=O) groups is 2. The van der Waals surface area contributed by atoms with Gasteiger partial charge in [0.2, 0.25) is 11.8 Å². The molecule has 6 nitrogen and oxygen atoms in total. The largest absolute Gasteiger partial charge is 0.392 e. The summed E-state index contributed by atoms with van der Waals surface area (Å²) < 4.78 is 0. The van der Waals surface area contributed by atoms with Crippen molar-refractivity contribution in [3.05, 3.63) is 39.9 Å². The van der Waals surface area contributed by atoms with Crippen LogP contribution in [0.25, 0.3) is 6.08 Å². The van der Waals surface area contributed by atoms with E-state index < -0.39 is 6.10 Å². The van der Waals surface area contributed by atoms with Crippen LogP contribution in [0.15, 0.2) is 24.3 Å². The molecule has 31 heavy (non-hydrogen) atoms. The van der Waals surface area contributed by atoms with Gasteiger partial charge in [-0.2, -0.15) is 0 Å². The fourth-order valence-corrected chi connectivity index (χ4v) is 4.36. The number of likely N-dealkylation sites (tertiary alicyclic amines) is 1. The quantitative estimate of drug-likeness (QED) is 0.624. The van der Waals surface area contributed by atoms with Crippen LogP contribution in [0.3, 0.4) is 0 Å². The summed E-state index contributed by atoms with van der Waals surface area (Å²) in [5.41, 5.74) is 0.790. The van der Waals surface area contributed by atoms with E-state index in [0.717, 1.165) is 18.7 Å². The Hall–Kier alpha value is -1.60. The first-order valence-corrected chi connectivity index (χ1v) is 11.8. The summed E-state index contributed by atoms with van der Waals surface area (Å²) in [5, 5.41) is 11.3. The fraction of sp³-hybridized carbons (Fsp3) is 0.565. The fourth-order valence-electron chi connectivity index (χ4n) is 4.05. The lowest BCUT2D eigenvalue weighted by molar-refractivity contribution is -0.130. The van der Waals surface area contributed by atoms with E-state index in [2.05, 4.69) is 4.90 Å². The highest BCUT2D eigenvalue weighted by atomic mass is 35.5. The number of halogens is 2. The summed E-state index contributed by atoms with van der Waals surface area (Å²) in [5.74, 6) is -0.0974. The predicted molar refractivity (Wildman–Crippen MR) is 124 cm³/mol. The Kier molecular flexibility index (Phi) is 9.20. The van der Waals surface area contributed by atoms with Crippen molar-refractivity contribution >= 4 is 41.1 Å². The molecule has 1 atom stereocenters. The molecule has 8 heteroatoms. The van der Waals surface area contributed by atoms with E-state index in [0.29, 0.717) is 55.6 Å². The first-order valence-electron chi connectivity index (χ1n) is 11.0. The van der Waals surface area contributed by atoms with Crippen molar-refractivity contribution in [3.8, 4) is 0 Å². The second kappa shape index (κ2) is 11.9. The lowest BCUT2D eigenvalue weighted by atomic mass is 10.1. The van der Waals surface area contributed by atoms with Crippen molar-refractivity contribution in [2.24, 2.45) is 0 Å². The number of benzene rings is 1. The van der Waals surface area contributed by atoms with E-state index in [9.17, 15) is 14.7 Å². The average molecular weight is 468 g/mol. The van der Waals surface area contributed by atoms with Gasteiger partial charge in [-0.15, -0.1) is 0 Å². The van der Waals surface area contributed by atoms with Gasteiger partial charge in [-0.25, -0.2) is 0 Å². The molecule has 1 N–H and O–H groups in total. The second-order valence-electron chi connectivity index (χ2n) is 8.27. The van der Waals surface area contributed by atoms with Crippen molar-refractivity contribution in [1.29, 1.82) is 0 Å². The Morgan fingerprint density at radius 3 is 2.58 bits per heavy atom. The molecule has 0 aromatic heterocycles. The summed E-state index contributed by atoms with van der Waals surface area (Å²) in [7, 11) is 0. The molecule has 0 spiro atoms. The van der Waals surface area contributed by atoms with Crippen molar-refractivity contribution in [3.63, 3.8) is 0 Å². The number of rotatable bonds is 7. The highest BCUT2D eigenvalue weighted by Crippen LogP contribution is 2.23. The molecule has 0 bridgehead atoms. The molecular weight excluding hydrogens is 437 g/mol. The summed E-state index contributed by atoms with van der Waals surface area (Å²) in [4.78, 5) is 30.8. The first-order chi connectivity index (χ1) is 14.9. The minimum absolute atomic E-state index is 0.0361. The van der Waals surface area contributed by atoms with Gasteiger partial charge in [-0.1, -0.05) is 35.7 Å². The molecule has 170 valence electrons. The maximum atomic E-state index is 12.6. The Morgan fingerprint density at radius 2 is 1.84 bits per heavy atom. The van der Waals surface area contributed by atoms with Gasteiger partial charge in [0, 0.05) is 45.2 Å². The van der Waals surface area contributed by atoms with Crippen LogP contribution < -0.4 is 0 Å². The van der Waals surface area contributed by atoms with Crippen molar-refractivity contribution in [2.75, 3.05) is 45.8 Å². The summed E-state index contributed by atoms with van der Waals surface area (Å²) in [6, 6.07) is 5.19. The smallest absolute Gasteiger partial charge is 0.246 e. The molecule has 0 unspecified atom stereocenters. The monoisotopic (exact) mass is 467 g/mol. The van der Waals surface area contributed by atoms with E-state index in [1.807, 2.05) is 0 Å². The van der Waals surface area contributed by atoms with Crippen LogP contribution >= 0.6 is 23.2 Å². The molecular formula is C23H31Cl2N3O3. The van der Waals surface area contributed by atoms with Crippen LogP contribution in [0, 0.1) is 0 Å². The molecule has 1 aromatic carbocycles. The molecule has 0 aliphatic carbocycles. The molecule has 3 rings (SSSR count). The lowest BCUT2D eigenvalue weighted by Gasteiger charge is -2.29. The number of hydrogen-bond acceptors (Lipinski definition) is 4.